The Morgan fingerprint density at radius 1 is 1.00 bits per heavy atom. The molecule has 0 spiro atoms. The van der Waals surface area contributed by atoms with Crippen molar-refractivity contribution in [1.82, 2.24) is 10.2 Å². The first-order chi connectivity index (χ1) is 19.5. The van der Waals surface area contributed by atoms with E-state index in [-0.39, 0.29) is 30.3 Å². The first-order valence-electron chi connectivity index (χ1n) is 13.2. The van der Waals surface area contributed by atoms with Gasteiger partial charge in [0, 0.05) is 29.6 Å². The predicted octanol–water partition coefficient (Wildman–Crippen LogP) is 5.32. The summed E-state index contributed by atoms with van der Waals surface area (Å²) in [5, 5.41) is 3.69. The molecule has 0 aliphatic carbocycles. The van der Waals surface area contributed by atoms with Crippen LogP contribution in [0, 0.1) is 0 Å². The maximum atomic E-state index is 14.2. The maximum absolute atomic E-state index is 14.2. The van der Waals surface area contributed by atoms with Crippen LogP contribution in [0.25, 0.3) is 0 Å². The summed E-state index contributed by atoms with van der Waals surface area (Å²) in [5.41, 5.74) is 1.61. The van der Waals surface area contributed by atoms with Crippen LogP contribution in [0.4, 0.5) is 5.69 Å². The number of benzene rings is 3. The van der Waals surface area contributed by atoms with Gasteiger partial charge in [-0.3, -0.25) is 13.9 Å². The molecule has 0 radical (unpaired) electrons. The Hall–Kier alpha value is -3.27. The number of ether oxygens (including phenoxy) is 1. The van der Waals surface area contributed by atoms with Gasteiger partial charge in [-0.2, -0.15) is 0 Å². The van der Waals surface area contributed by atoms with E-state index in [2.05, 4.69) is 5.32 Å². The molecule has 1 atom stereocenters. The van der Waals surface area contributed by atoms with Crippen molar-refractivity contribution in [3.05, 3.63) is 94.0 Å². The third-order valence-electron chi connectivity index (χ3n) is 6.49. The number of methoxy groups -OCH3 is 1. The zero-order valence-electron chi connectivity index (χ0n) is 23.3. The molecule has 0 aliphatic rings. The average molecular weight is 621 g/mol. The Bertz CT molecular complexity index is 1440. The van der Waals surface area contributed by atoms with E-state index in [0.717, 1.165) is 29.0 Å². The number of nitrogens with zero attached hydrogens (tertiary/aromatic N) is 2. The summed E-state index contributed by atoms with van der Waals surface area (Å²) in [6.07, 6.45) is 2.89. The van der Waals surface area contributed by atoms with Gasteiger partial charge in [-0.05, 0) is 41.8 Å². The largest absolute Gasteiger partial charge is 0.495 e. The highest BCUT2D eigenvalue weighted by Crippen LogP contribution is 2.30. The third kappa shape index (κ3) is 9.11. The number of para-hydroxylation sites is 2. The molecule has 3 aromatic rings. The number of nitrogens with one attached hydrogen (secondary N) is 1. The van der Waals surface area contributed by atoms with E-state index in [1.165, 1.54) is 12.0 Å². The minimum Gasteiger partial charge on any atom is -0.495 e. The molecule has 220 valence electrons. The van der Waals surface area contributed by atoms with Crippen molar-refractivity contribution >= 4 is 50.7 Å². The number of hydrogen-bond donors (Lipinski definition) is 1. The lowest BCUT2D eigenvalue weighted by atomic mass is 10.0. The molecule has 3 aromatic carbocycles. The Balaban J connectivity index is 2.08. The third-order valence-corrected chi connectivity index (χ3v) is 8.20. The monoisotopic (exact) mass is 619 g/mol. The van der Waals surface area contributed by atoms with Gasteiger partial charge in [0.15, 0.2) is 0 Å². The molecule has 0 aliphatic heterocycles. The molecule has 0 unspecified atom stereocenters. The minimum absolute atomic E-state index is 0.0446. The molecule has 3 rings (SSSR count). The number of amides is 2. The van der Waals surface area contributed by atoms with Crippen LogP contribution in [0.2, 0.25) is 10.0 Å². The molecule has 41 heavy (non-hydrogen) atoms. The normalized spacial score (nSPS) is 11.9. The molecular weight excluding hydrogens is 585 g/mol. The van der Waals surface area contributed by atoms with Crippen LogP contribution < -0.4 is 14.4 Å². The van der Waals surface area contributed by atoms with Crippen LogP contribution >= 0.6 is 23.2 Å². The number of rotatable bonds is 14. The average Bonchev–Trinajstić information content (AvgIpc) is 2.94. The zero-order valence-corrected chi connectivity index (χ0v) is 25.7. The van der Waals surface area contributed by atoms with E-state index in [1.807, 2.05) is 37.3 Å². The van der Waals surface area contributed by atoms with Crippen molar-refractivity contribution in [3.63, 3.8) is 0 Å². The highest BCUT2D eigenvalue weighted by molar-refractivity contribution is 7.92. The van der Waals surface area contributed by atoms with Crippen molar-refractivity contribution in [2.45, 2.75) is 38.8 Å². The lowest BCUT2D eigenvalue weighted by Gasteiger charge is -2.34. The molecule has 0 aromatic heterocycles. The first-order valence-corrected chi connectivity index (χ1v) is 15.8. The molecular formula is C30H35Cl2N3O5S. The standard InChI is InChI=1S/C30H35Cl2N3O5S/c1-4-5-17-33-30(37)27(18-22-11-7-6-8-12-22)34(20-23-15-16-24(31)19-25(23)32)29(36)21-35(41(3,38)39)26-13-9-10-14-28(26)40-2/h6-16,19,27H,4-5,17-18,20-21H2,1-3H3,(H,33,37)/t27-/m1/s1. The van der Waals surface area contributed by atoms with Crippen LogP contribution in [-0.2, 0) is 32.6 Å². The number of halogens is 2. The number of unbranched alkanes of at least 4 members (excludes halogenated alkanes) is 1. The minimum atomic E-state index is -3.93. The SMILES string of the molecule is CCCCNC(=O)[C@@H](Cc1ccccc1)N(Cc1ccc(Cl)cc1Cl)C(=O)CN(c1ccccc1OC)S(C)(=O)=O. The van der Waals surface area contributed by atoms with Crippen LogP contribution in [0.1, 0.15) is 30.9 Å². The smallest absolute Gasteiger partial charge is 0.244 e. The Morgan fingerprint density at radius 3 is 2.32 bits per heavy atom. The first kappa shape index (κ1) is 32.2. The van der Waals surface area contributed by atoms with Gasteiger partial charge in [-0.1, -0.05) is 85.1 Å². The van der Waals surface area contributed by atoms with Crippen molar-refractivity contribution in [3.8, 4) is 5.75 Å². The fraction of sp³-hybridized carbons (Fsp3) is 0.333. The van der Waals surface area contributed by atoms with Gasteiger partial charge in [0.2, 0.25) is 21.8 Å². The summed E-state index contributed by atoms with van der Waals surface area (Å²) >= 11 is 12.6. The molecule has 0 bridgehead atoms. The van der Waals surface area contributed by atoms with Gasteiger partial charge in [-0.25, -0.2) is 8.42 Å². The van der Waals surface area contributed by atoms with Gasteiger partial charge in [0.1, 0.15) is 18.3 Å². The second kappa shape index (κ2) is 15.1. The van der Waals surface area contributed by atoms with Crippen molar-refractivity contribution in [1.29, 1.82) is 0 Å². The van der Waals surface area contributed by atoms with Crippen LogP contribution in [-0.4, -0.2) is 57.6 Å². The van der Waals surface area contributed by atoms with E-state index in [4.69, 9.17) is 27.9 Å². The highest BCUT2D eigenvalue weighted by atomic mass is 35.5. The molecule has 0 heterocycles. The van der Waals surface area contributed by atoms with E-state index in [1.54, 1.807) is 42.5 Å². The quantitative estimate of drug-likeness (QED) is 0.246. The van der Waals surface area contributed by atoms with Gasteiger partial charge in [0.25, 0.3) is 0 Å². The Kier molecular flexibility index (Phi) is 11.9. The summed E-state index contributed by atoms with van der Waals surface area (Å²) in [6.45, 7) is 1.86. The molecule has 1 N–H and O–H groups in total. The molecule has 0 fully saturated rings. The van der Waals surface area contributed by atoms with Crippen molar-refractivity contribution in [2.75, 3.05) is 30.8 Å². The van der Waals surface area contributed by atoms with E-state index < -0.39 is 28.5 Å². The molecule has 0 saturated carbocycles. The molecule has 0 saturated heterocycles. The summed E-state index contributed by atoms with van der Waals surface area (Å²) in [7, 11) is -2.50. The number of carbonyl (C=O) groups excluding carboxylic acids is 2. The van der Waals surface area contributed by atoms with E-state index in [0.29, 0.717) is 22.2 Å². The van der Waals surface area contributed by atoms with E-state index in [9.17, 15) is 18.0 Å². The van der Waals surface area contributed by atoms with Crippen LogP contribution in [0.5, 0.6) is 5.75 Å². The van der Waals surface area contributed by atoms with Gasteiger partial charge in [-0.15, -0.1) is 0 Å². The number of anilines is 1. The zero-order chi connectivity index (χ0) is 30.0. The Labute approximate surface area is 252 Å². The topological polar surface area (TPSA) is 96.0 Å². The predicted molar refractivity (Wildman–Crippen MR) is 164 cm³/mol. The molecule has 2 amide bonds. The number of carbonyl (C=O) groups is 2. The van der Waals surface area contributed by atoms with Crippen molar-refractivity contribution < 1.29 is 22.7 Å². The maximum Gasteiger partial charge on any atom is 0.244 e. The fourth-order valence-corrected chi connectivity index (χ4v) is 5.65. The van der Waals surface area contributed by atoms with Gasteiger partial charge in [0.05, 0.1) is 19.1 Å². The van der Waals surface area contributed by atoms with E-state index >= 15 is 0 Å². The van der Waals surface area contributed by atoms with Crippen LogP contribution in [0.15, 0.2) is 72.8 Å². The molecule has 11 heteroatoms. The second-order valence-corrected chi connectivity index (χ2v) is 12.3. The highest BCUT2D eigenvalue weighted by Gasteiger charge is 2.34. The van der Waals surface area contributed by atoms with Gasteiger partial charge >= 0.3 is 0 Å². The van der Waals surface area contributed by atoms with Gasteiger partial charge < -0.3 is 15.0 Å². The number of hydrogen-bond acceptors (Lipinski definition) is 5. The number of sulfonamides is 1. The molecule has 8 nitrogen and oxygen atoms in total. The summed E-state index contributed by atoms with van der Waals surface area (Å²) in [6, 6.07) is 19.8. The second-order valence-electron chi connectivity index (χ2n) is 9.55. The Morgan fingerprint density at radius 2 is 1.68 bits per heavy atom. The van der Waals surface area contributed by atoms with Crippen LogP contribution in [0.3, 0.4) is 0 Å². The summed E-state index contributed by atoms with van der Waals surface area (Å²) < 4.78 is 32.3. The summed E-state index contributed by atoms with van der Waals surface area (Å²) in [5.74, 6) is -0.640. The summed E-state index contributed by atoms with van der Waals surface area (Å²) in [4.78, 5) is 29.2. The lowest BCUT2D eigenvalue weighted by Crippen LogP contribution is -2.53. The fourth-order valence-electron chi connectivity index (χ4n) is 4.32. The lowest BCUT2D eigenvalue weighted by molar-refractivity contribution is -0.140. The van der Waals surface area contributed by atoms with Crippen molar-refractivity contribution in [2.24, 2.45) is 0 Å².